The van der Waals surface area contributed by atoms with E-state index in [0.717, 1.165) is 76.3 Å². The van der Waals surface area contributed by atoms with Crippen molar-refractivity contribution in [3.05, 3.63) is 107 Å². The Kier molecular flexibility index (Phi) is 11.0. The Labute approximate surface area is 344 Å². The molecule has 0 amide bonds. The molecule has 0 aromatic heterocycles. The van der Waals surface area contributed by atoms with Gasteiger partial charge >= 0.3 is 0 Å². The predicted molar refractivity (Wildman–Crippen MR) is 238 cm³/mol. The summed E-state index contributed by atoms with van der Waals surface area (Å²) < 4.78 is 12.8. The van der Waals surface area contributed by atoms with E-state index in [1.807, 2.05) is 48.5 Å². The van der Waals surface area contributed by atoms with Gasteiger partial charge in [0.25, 0.3) is 0 Å². The first-order valence-corrected chi connectivity index (χ1v) is 22.6. The smallest absolute Gasteiger partial charge is 0.130 e. The third-order valence-electron chi connectivity index (χ3n) is 17.0. The molecule has 4 aromatic rings. The molecule has 304 valence electrons. The predicted octanol–water partition coefficient (Wildman–Crippen LogP) is 14.5. The first-order chi connectivity index (χ1) is 27.3. The molecule has 0 saturated heterocycles. The largest absolute Gasteiger partial charge is 0.457 e. The highest BCUT2D eigenvalue weighted by Crippen LogP contribution is 2.70. The standard InChI is InChI=1S/C53H70N2O2/c1-8-34(2)9-10-35(3)46-23-24-47-45-22-11-40-33-53(30-29-51(40,6)48(45)27-28-52(46,47)7,38-12-25-49(36(4)31-38)56-43-18-14-41(54)15-19-43)39-13-26-50(37(5)32-39)57-44-20-16-42(55)17-21-44/h12-21,25-26,31-32,34-35,40,45-48H,8-11,22-24,27-30,33,54-55H2,1-7H3. The average Bonchev–Trinajstić information content (AvgIpc) is 3.57. The van der Waals surface area contributed by atoms with Crippen LogP contribution in [0.2, 0.25) is 0 Å². The van der Waals surface area contributed by atoms with Gasteiger partial charge in [-0.1, -0.05) is 78.1 Å². The molecule has 0 bridgehead atoms. The summed E-state index contributed by atoms with van der Waals surface area (Å²) in [5.74, 6) is 9.37. The molecule has 0 aliphatic heterocycles. The summed E-state index contributed by atoms with van der Waals surface area (Å²) in [6.45, 7) is 17.3. The van der Waals surface area contributed by atoms with Crippen molar-refractivity contribution in [2.75, 3.05) is 11.5 Å². The van der Waals surface area contributed by atoms with E-state index in [-0.39, 0.29) is 5.41 Å². The van der Waals surface area contributed by atoms with Gasteiger partial charge in [0.1, 0.15) is 23.0 Å². The fourth-order valence-electron chi connectivity index (χ4n) is 13.3. The topological polar surface area (TPSA) is 70.5 Å². The monoisotopic (exact) mass is 767 g/mol. The van der Waals surface area contributed by atoms with Gasteiger partial charge in [-0.15, -0.1) is 0 Å². The Balaban J connectivity index is 1.08. The number of rotatable bonds is 11. The zero-order valence-corrected chi connectivity index (χ0v) is 36.1. The lowest BCUT2D eigenvalue weighted by Gasteiger charge is -2.63. The molecule has 8 rings (SSSR count). The maximum Gasteiger partial charge on any atom is 0.130 e. The van der Waals surface area contributed by atoms with Crippen LogP contribution in [0.25, 0.3) is 0 Å². The van der Waals surface area contributed by atoms with Crippen LogP contribution in [-0.4, -0.2) is 0 Å². The van der Waals surface area contributed by atoms with Gasteiger partial charge in [-0.25, -0.2) is 0 Å². The molecule has 4 nitrogen and oxygen atoms in total. The summed E-state index contributed by atoms with van der Waals surface area (Å²) in [5.41, 5.74) is 19.4. The van der Waals surface area contributed by atoms with E-state index in [0.29, 0.717) is 16.7 Å². The molecule has 4 aliphatic rings. The van der Waals surface area contributed by atoms with Crippen LogP contribution in [0.3, 0.4) is 0 Å². The van der Waals surface area contributed by atoms with Crippen LogP contribution in [0, 0.1) is 66.1 Å². The summed E-state index contributed by atoms with van der Waals surface area (Å²) >= 11 is 0. The second-order valence-corrected chi connectivity index (χ2v) is 20.0. The van der Waals surface area contributed by atoms with Crippen LogP contribution < -0.4 is 20.9 Å². The van der Waals surface area contributed by atoms with E-state index in [2.05, 4.69) is 84.9 Å². The molecule has 9 atom stereocenters. The highest BCUT2D eigenvalue weighted by Gasteiger charge is 2.62. The van der Waals surface area contributed by atoms with Crippen molar-refractivity contribution < 1.29 is 9.47 Å². The van der Waals surface area contributed by atoms with E-state index in [1.54, 1.807) is 0 Å². The van der Waals surface area contributed by atoms with Gasteiger partial charge in [0, 0.05) is 16.8 Å². The summed E-state index contributed by atoms with van der Waals surface area (Å²) in [4.78, 5) is 0. The molecule has 4 fully saturated rings. The van der Waals surface area contributed by atoms with Crippen LogP contribution in [0.15, 0.2) is 84.9 Å². The molecule has 57 heavy (non-hydrogen) atoms. The lowest BCUT2D eigenvalue weighted by atomic mass is 9.42. The number of anilines is 2. The Hall–Kier alpha value is -3.92. The van der Waals surface area contributed by atoms with E-state index < -0.39 is 0 Å². The lowest BCUT2D eigenvalue weighted by Crippen LogP contribution is -2.55. The molecule has 4 aromatic carbocycles. The number of fused-ring (bicyclic) bond motifs is 5. The van der Waals surface area contributed by atoms with Crippen molar-refractivity contribution in [2.45, 2.75) is 131 Å². The number of ether oxygens (including phenoxy) is 2. The molecule has 0 spiro atoms. The van der Waals surface area contributed by atoms with Crippen molar-refractivity contribution in [3.8, 4) is 23.0 Å². The van der Waals surface area contributed by atoms with Gasteiger partial charge in [-0.05, 0) is 207 Å². The Morgan fingerprint density at radius 3 is 1.74 bits per heavy atom. The van der Waals surface area contributed by atoms with Crippen molar-refractivity contribution in [1.82, 2.24) is 0 Å². The minimum Gasteiger partial charge on any atom is -0.457 e. The number of hydrogen-bond donors (Lipinski definition) is 2. The fourth-order valence-corrected chi connectivity index (χ4v) is 13.3. The normalized spacial score (nSPS) is 30.1. The molecule has 0 heterocycles. The maximum absolute atomic E-state index is 6.42. The van der Waals surface area contributed by atoms with Gasteiger partial charge in [0.2, 0.25) is 0 Å². The second kappa shape index (κ2) is 15.7. The fraction of sp³-hybridized carbons (Fsp3) is 0.547. The maximum atomic E-state index is 6.42. The molecule has 4 aliphatic carbocycles. The van der Waals surface area contributed by atoms with Crippen molar-refractivity contribution in [3.63, 3.8) is 0 Å². The average molecular weight is 767 g/mol. The van der Waals surface area contributed by atoms with Gasteiger partial charge in [0.15, 0.2) is 0 Å². The Bertz CT molecular complexity index is 1920. The molecule has 0 radical (unpaired) electrons. The Morgan fingerprint density at radius 2 is 1.19 bits per heavy atom. The van der Waals surface area contributed by atoms with Gasteiger partial charge < -0.3 is 20.9 Å². The molecule has 4 N–H and O–H groups in total. The van der Waals surface area contributed by atoms with E-state index in [1.165, 1.54) is 92.9 Å². The van der Waals surface area contributed by atoms with Crippen molar-refractivity contribution in [1.29, 1.82) is 0 Å². The van der Waals surface area contributed by atoms with E-state index >= 15 is 0 Å². The molecular formula is C53H70N2O2. The van der Waals surface area contributed by atoms with Crippen molar-refractivity contribution >= 4 is 11.4 Å². The zero-order valence-electron chi connectivity index (χ0n) is 36.1. The SMILES string of the molecule is CCC(C)CCC(C)C1CCC2C3CCC4CC(c5ccc(Oc6ccc(N)cc6)c(C)c5)(c5ccc(Oc6ccc(N)cc6)c(C)c5)CCC4(C)C3CCC12C. The summed E-state index contributed by atoms with van der Waals surface area (Å²) in [6, 6.07) is 29.4. The minimum atomic E-state index is -0.0846. The number of hydrogen-bond acceptors (Lipinski definition) is 4. The molecule has 9 unspecified atom stereocenters. The number of benzene rings is 4. The quantitative estimate of drug-likeness (QED) is 0.149. The summed E-state index contributed by atoms with van der Waals surface area (Å²) in [7, 11) is 0. The minimum absolute atomic E-state index is 0.0846. The number of aryl methyl sites for hydroxylation is 2. The van der Waals surface area contributed by atoms with Crippen LogP contribution in [0.1, 0.15) is 134 Å². The summed E-state index contributed by atoms with van der Waals surface area (Å²) in [5, 5.41) is 0. The summed E-state index contributed by atoms with van der Waals surface area (Å²) in [6.07, 6.45) is 16.3. The van der Waals surface area contributed by atoms with Gasteiger partial charge in [-0.2, -0.15) is 0 Å². The molecular weight excluding hydrogens is 697 g/mol. The van der Waals surface area contributed by atoms with Crippen LogP contribution >= 0.6 is 0 Å². The second-order valence-electron chi connectivity index (χ2n) is 20.0. The van der Waals surface area contributed by atoms with Gasteiger partial charge in [0.05, 0.1) is 0 Å². The Morgan fingerprint density at radius 1 is 0.632 bits per heavy atom. The first-order valence-electron chi connectivity index (χ1n) is 22.6. The third kappa shape index (κ3) is 7.38. The van der Waals surface area contributed by atoms with Crippen LogP contribution in [0.5, 0.6) is 23.0 Å². The lowest BCUT2D eigenvalue weighted by molar-refractivity contribution is -0.122. The van der Waals surface area contributed by atoms with Crippen LogP contribution in [-0.2, 0) is 5.41 Å². The first kappa shape index (κ1) is 39.9. The number of nitrogens with two attached hydrogens (primary N) is 2. The molecule has 4 saturated carbocycles. The van der Waals surface area contributed by atoms with Crippen molar-refractivity contribution in [2.24, 2.45) is 52.3 Å². The van der Waals surface area contributed by atoms with E-state index in [9.17, 15) is 0 Å². The zero-order chi connectivity index (χ0) is 40.1. The van der Waals surface area contributed by atoms with Gasteiger partial charge in [-0.3, -0.25) is 0 Å². The highest BCUT2D eigenvalue weighted by molar-refractivity contribution is 5.51. The molecule has 4 heteroatoms. The van der Waals surface area contributed by atoms with E-state index in [4.69, 9.17) is 20.9 Å². The highest BCUT2D eigenvalue weighted by atomic mass is 16.5. The van der Waals surface area contributed by atoms with Crippen LogP contribution in [0.4, 0.5) is 11.4 Å². The third-order valence-corrected chi connectivity index (χ3v) is 17.0. The number of nitrogen functional groups attached to an aromatic ring is 2.